The van der Waals surface area contributed by atoms with E-state index in [1.165, 1.54) is 8.35 Å². The fourth-order valence-corrected chi connectivity index (χ4v) is 2.05. The van der Waals surface area contributed by atoms with Crippen molar-refractivity contribution in [3.8, 4) is 0 Å². The molecule has 0 atom stereocenters. The summed E-state index contributed by atoms with van der Waals surface area (Å²) in [6.07, 6.45) is 0. The maximum absolute atomic E-state index is 2.30. The molecule has 0 bridgehead atoms. The minimum atomic E-state index is 0. The first-order valence-electron chi connectivity index (χ1n) is 2.12. The second kappa shape index (κ2) is 15.7. The molecule has 0 heterocycles. The van der Waals surface area contributed by atoms with Crippen molar-refractivity contribution >= 4 is 24.8 Å². The van der Waals surface area contributed by atoms with Gasteiger partial charge in [-0.25, -0.2) is 0 Å². The molecule has 0 rings (SSSR count). The maximum Gasteiger partial charge on any atom is -0.147 e. The van der Waals surface area contributed by atoms with Crippen LogP contribution >= 0.6 is 24.8 Å². The molecule has 0 N–H and O–H groups in total. The van der Waals surface area contributed by atoms with Gasteiger partial charge in [-0.05, 0) is 0 Å². The third-order valence-corrected chi connectivity index (χ3v) is 4.09. The number of hydrogen-bond acceptors (Lipinski definition) is 0. The van der Waals surface area contributed by atoms with E-state index in [1.54, 1.807) is 0 Å². The van der Waals surface area contributed by atoms with E-state index in [9.17, 15) is 0 Å². The van der Waals surface area contributed by atoms with Crippen LogP contribution in [0.25, 0.3) is 0 Å². The van der Waals surface area contributed by atoms with Gasteiger partial charge in [-0.2, -0.15) is 0 Å². The van der Waals surface area contributed by atoms with Gasteiger partial charge in [0.15, 0.2) is 0 Å². The third-order valence-electron chi connectivity index (χ3n) is 0.500. The summed E-state index contributed by atoms with van der Waals surface area (Å²) in [4.78, 5) is 0. The summed E-state index contributed by atoms with van der Waals surface area (Å²) >= 11 is 0.0494. The largest absolute Gasteiger partial charge is 0.147 e. The van der Waals surface area contributed by atoms with Crippen LogP contribution in [-0.4, -0.2) is 0 Å². The molecule has 7 heavy (non-hydrogen) atoms. The summed E-state index contributed by atoms with van der Waals surface area (Å²) < 4.78 is 3.08. The quantitative estimate of drug-likeness (QED) is 0.688. The molecule has 46 valence electrons. The molecule has 0 aromatic carbocycles. The molecule has 0 nitrogen and oxygen atoms in total. The van der Waals surface area contributed by atoms with Gasteiger partial charge in [0.1, 0.15) is 0 Å². The molecule has 0 unspecified atom stereocenters. The van der Waals surface area contributed by atoms with Gasteiger partial charge in [0, 0.05) is 0 Å². The fraction of sp³-hybridized carbons (Fsp3) is 1.00. The van der Waals surface area contributed by atoms with Gasteiger partial charge in [-0.15, -0.1) is 24.8 Å². The van der Waals surface area contributed by atoms with Crippen LogP contribution < -0.4 is 0 Å². The van der Waals surface area contributed by atoms with Crippen molar-refractivity contribution in [2.45, 2.75) is 22.2 Å². The standard InChI is InChI=1S/2C2H5.2ClH.Hf/c2*1-2;;;/h2*1H2,2H3;2*1H;. The Kier molecular flexibility index (Phi) is 35.3. The summed E-state index contributed by atoms with van der Waals surface area (Å²) in [7, 11) is 0. The molecule has 0 aromatic rings. The summed E-state index contributed by atoms with van der Waals surface area (Å²) in [6.45, 7) is 4.60. The van der Waals surface area contributed by atoms with E-state index in [1.807, 2.05) is 0 Å². The molecular weight excluding hydrogens is 297 g/mol. The van der Waals surface area contributed by atoms with E-state index in [-0.39, 0.29) is 47.7 Å². The SMILES string of the molecule is C[CH2][Hf][CH2]C.Cl.Cl. The molecule has 0 aliphatic rings. The monoisotopic (exact) mass is 310 g/mol. The molecule has 0 fully saturated rings. The van der Waals surface area contributed by atoms with E-state index >= 15 is 0 Å². The van der Waals surface area contributed by atoms with Crippen molar-refractivity contribution in [2.24, 2.45) is 0 Å². The zero-order valence-electron chi connectivity index (χ0n) is 4.73. The summed E-state index contributed by atoms with van der Waals surface area (Å²) in [5.41, 5.74) is 0. The summed E-state index contributed by atoms with van der Waals surface area (Å²) in [5, 5.41) is 0. The number of rotatable bonds is 2. The second-order valence-corrected chi connectivity index (χ2v) is 7.83. The zero-order valence-corrected chi connectivity index (χ0v) is 9.96. The minimum Gasteiger partial charge on any atom is -0.147 e. The number of hydrogen-bond donors (Lipinski definition) is 0. The smallest absolute Gasteiger partial charge is 0.147 e. The Labute approximate surface area is 69.6 Å². The van der Waals surface area contributed by atoms with Gasteiger partial charge in [-0.1, -0.05) is 0 Å². The first-order chi connectivity index (χ1) is 2.41. The van der Waals surface area contributed by atoms with Crippen LogP contribution in [0.15, 0.2) is 0 Å². The zero-order chi connectivity index (χ0) is 4.12. The van der Waals surface area contributed by atoms with Crippen molar-refractivity contribution in [3.63, 3.8) is 0 Å². The molecule has 0 amide bonds. The minimum absolute atomic E-state index is 0. The van der Waals surface area contributed by atoms with Gasteiger partial charge in [-0.3, -0.25) is 0 Å². The Bertz CT molecular complexity index is 17.2. The van der Waals surface area contributed by atoms with Crippen LogP contribution in [0, 0.1) is 0 Å². The Hall–Kier alpha value is 1.45. The molecular formula is C4H12Cl2Hf. The van der Waals surface area contributed by atoms with Gasteiger partial charge >= 0.3 is 45.1 Å². The van der Waals surface area contributed by atoms with Gasteiger partial charge in [0.05, 0.1) is 0 Å². The van der Waals surface area contributed by atoms with Crippen molar-refractivity contribution in [1.82, 2.24) is 0 Å². The van der Waals surface area contributed by atoms with Crippen molar-refractivity contribution < 1.29 is 22.9 Å². The summed E-state index contributed by atoms with van der Waals surface area (Å²) in [5.74, 6) is 0. The van der Waals surface area contributed by atoms with E-state index in [2.05, 4.69) is 13.8 Å². The topological polar surface area (TPSA) is 0 Å². The second-order valence-electron chi connectivity index (χ2n) is 0.957. The Morgan fingerprint density at radius 1 is 1.00 bits per heavy atom. The molecule has 0 radical (unpaired) electrons. The van der Waals surface area contributed by atoms with Crippen molar-refractivity contribution in [3.05, 3.63) is 0 Å². The van der Waals surface area contributed by atoms with E-state index in [0.29, 0.717) is 0 Å². The first kappa shape index (κ1) is 15.8. The molecule has 0 aromatic heterocycles. The van der Waals surface area contributed by atoms with Gasteiger partial charge in [0.25, 0.3) is 0 Å². The predicted octanol–water partition coefficient (Wildman–Crippen LogP) is 2.79. The van der Waals surface area contributed by atoms with Crippen LogP contribution in [0.2, 0.25) is 8.35 Å². The van der Waals surface area contributed by atoms with Crippen LogP contribution in [0.5, 0.6) is 0 Å². The Morgan fingerprint density at radius 3 is 1.29 bits per heavy atom. The fourth-order valence-electron chi connectivity index (χ4n) is 0.250. The van der Waals surface area contributed by atoms with E-state index in [4.69, 9.17) is 0 Å². The number of halogens is 2. The Balaban J connectivity index is -0.0000000800. The predicted molar refractivity (Wildman–Crippen MR) is 35.5 cm³/mol. The molecule has 0 aliphatic carbocycles. The van der Waals surface area contributed by atoms with Gasteiger partial charge in [0.2, 0.25) is 0 Å². The molecule has 3 heteroatoms. The maximum atomic E-state index is 2.30. The normalized spacial score (nSPS) is 5.43. The average molecular weight is 310 g/mol. The molecule has 0 saturated carbocycles. The van der Waals surface area contributed by atoms with Gasteiger partial charge < -0.3 is 0 Å². The van der Waals surface area contributed by atoms with Crippen LogP contribution in [0.3, 0.4) is 0 Å². The molecule has 0 spiro atoms. The molecule has 0 aliphatic heterocycles. The van der Waals surface area contributed by atoms with Crippen LogP contribution in [0.4, 0.5) is 0 Å². The first-order valence-corrected chi connectivity index (χ1v) is 7.20. The van der Waals surface area contributed by atoms with Crippen LogP contribution in [-0.2, 0) is 22.9 Å². The summed E-state index contributed by atoms with van der Waals surface area (Å²) in [6, 6.07) is 0. The average Bonchev–Trinajstić information content (AvgIpc) is 1.41. The van der Waals surface area contributed by atoms with Crippen LogP contribution in [0.1, 0.15) is 13.8 Å². The van der Waals surface area contributed by atoms with Crippen molar-refractivity contribution in [2.75, 3.05) is 0 Å². The molecule has 0 saturated heterocycles. The Morgan fingerprint density at radius 2 is 1.29 bits per heavy atom. The van der Waals surface area contributed by atoms with Crippen molar-refractivity contribution in [1.29, 1.82) is 0 Å². The van der Waals surface area contributed by atoms with E-state index in [0.717, 1.165) is 0 Å². The third kappa shape index (κ3) is 18.6. The van der Waals surface area contributed by atoms with E-state index < -0.39 is 0 Å².